The van der Waals surface area contributed by atoms with Gasteiger partial charge in [0.05, 0.1) is 7.05 Å². The van der Waals surface area contributed by atoms with Gasteiger partial charge in [-0.15, -0.1) is 3.97 Å². The summed E-state index contributed by atoms with van der Waals surface area (Å²) in [5.41, 5.74) is -4.61. The fourth-order valence-corrected chi connectivity index (χ4v) is 2.61. The maximum Gasteiger partial charge on any atom is 0.485 e. The Hall–Kier alpha value is -1.92. The Morgan fingerprint density at radius 3 is 1.88 bits per heavy atom. The lowest BCUT2D eigenvalue weighted by Gasteiger charge is -2.08. The maximum atomic E-state index is 12.1. The van der Waals surface area contributed by atoms with E-state index in [1.54, 1.807) is 42.1 Å². The Bertz CT molecular complexity index is 901. The smallest absolute Gasteiger partial charge is 0.485 e. The topological polar surface area (TPSA) is 100 Å². The van der Waals surface area contributed by atoms with Crippen LogP contribution in [0.1, 0.15) is 5.56 Å². The van der Waals surface area contributed by atoms with Crippen LogP contribution in [0.15, 0.2) is 47.9 Å². The quantitative estimate of drug-likeness (QED) is 0.434. The molecule has 12 heteroatoms. The largest absolute Gasteiger partial charge is 0.741 e. The third-order valence-electron chi connectivity index (χ3n) is 2.62. The summed E-state index contributed by atoms with van der Waals surface area (Å²) in [4.78, 5) is 0.300. The van der Waals surface area contributed by atoms with Crippen LogP contribution in [0.3, 0.4) is 0 Å². The van der Waals surface area contributed by atoms with E-state index in [4.69, 9.17) is 13.0 Å². The molecule has 0 spiro atoms. The molecule has 0 unspecified atom stereocenters. The van der Waals surface area contributed by atoms with Crippen molar-refractivity contribution in [1.82, 2.24) is 3.97 Å². The van der Waals surface area contributed by atoms with Crippen LogP contribution >= 0.6 is 0 Å². The molecule has 0 aliphatic rings. The standard InChI is InChI=1S/C11H13N2O2S.CHF3O3S/c1-10-3-5-11(6-4-10)16(14,15)13-8-7-12(2)9-13;2-1(3,4)8(5,6)7/h3-9H,1-2H3;(H,5,6,7)/q+1;/p-1. The number of aryl methyl sites for hydroxylation is 2. The summed E-state index contributed by atoms with van der Waals surface area (Å²) in [6.45, 7) is 1.92. The summed E-state index contributed by atoms with van der Waals surface area (Å²) in [5, 5.41) is 0. The molecule has 2 aromatic rings. The second-order valence-electron chi connectivity index (χ2n) is 4.63. The normalized spacial score (nSPS) is 12.4. The van der Waals surface area contributed by atoms with Crippen molar-refractivity contribution in [3.63, 3.8) is 0 Å². The van der Waals surface area contributed by atoms with Crippen LogP contribution < -0.4 is 4.57 Å². The molecule has 0 atom stereocenters. The Morgan fingerprint density at radius 2 is 1.54 bits per heavy atom. The number of nitrogens with zero attached hydrogens (tertiary/aromatic N) is 2. The van der Waals surface area contributed by atoms with Gasteiger partial charge in [0.1, 0.15) is 17.3 Å². The first-order valence-corrected chi connectivity index (χ1v) is 8.97. The maximum absolute atomic E-state index is 12.1. The van der Waals surface area contributed by atoms with Gasteiger partial charge in [0, 0.05) is 0 Å². The Morgan fingerprint density at radius 1 is 1.08 bits per heavy atom. The molecule has 2 rings (SSSR count). The third kappa shape index (κ3) is 5.04. The van der Waals surface area contributed by atoms with Crippen molar-refractivity contribution < 1.29 is 39.1 Å². The second-order valence-corrected chi connectivity index (χ2v) is 7.84. The van der Waals surface area contributed by atoms with E-state index in [1.165, 1.54) is 16.5 Å². The predicted molar refractivity (Wildman–Crippen MR) is 75.1 cm³/mol. The highest BCUT2D eigenvalue weighted by atomic mass is 32.2. The van der Waals surface area contributed by atoms with Crippen molar-refractivity contribution in [2.75, 3.05) is 0 Å². The van der Waals surface area contributed by atoms with E-state index in [0.29, 0.717) is 4.90 Å². The molecule has 1 aromatic carbocycles. The number of hydrogen-bond acceptors (Lipinski definition) is 5. The third-order valence-corrected chi connectivity index (χ3v) is 4.83. The number of halogens is 3. The molecule has 0 fully saturated rings. The van der Waals surface area contributed by atoms with E-state index in [1.807, 2.05) is 6.92 Å². The van der Waals surface area contributed by atoms with E-state index in [0.717, 1.165) is 5.56 Å². The SMILES string of the molecule is Cc1ccc(S(=O)(=O)n2cc[n+](C)c2)cc1.O=S(=O)([O-])C(F)(F)F. The fraction of sp³-hybridized carbons (Fsp3) is 0.250. The second kappa shape index (κ2) is 6.91. The lowest BCUT2D eigenvalue weighted by molar-refractivity contribution is -0.670. The fourth-order valence-electron chi connectivity index (χ4n) is 1.40. The van der Waals surface area contributed by atoms with Crippen molar-refractivity contribution in [2.45, 2.75) is 17.3 Å². The van der Waals surface area contributed by atoms with Gasteiger partial charge in [-0.1, -0.05) is 17.7 Å². The lowest BCUT2D eigenvalue weighted by Crippen LogP contribution is -2.25. The minimum absolute atomic E-state index is 0.300. The summed E-state index contributed by atoms with van der Waals surface area (Å²) in [6, 6.07) is 6.81. The van der Waals surface area contributed by atoms with Crippen molar-refractivity contribution >= 4 is 20.1 Å². The number of aromatic nitrogens is 2. The molecule has 7 nitrogen and oxygen atoms in total. The molecular weight excluding hydrogens is 373 g/mol. The first kappa shape index (κ1) is 20.1. The molecule has 0 N–H and O–H groups in total. The zero-order chi connectivity index (χ0) is 18.8. The molecule has 1 aromatic heterocycles. The molecule has 0 radical (unpaired) electrons. The number of benzene rings is 1. The first-order chi connectivity index (χ1) is 10.7. The van der Waals surface area contributed by atoms with Crippen LogP contribution in [0.4, 0.5) is 13.2 Å². The zero-order valence-electron chi connectivity index (χ0n) is 12.4. The Balaban J connectivity index is 0.000000307. The highest BCUT2D eigenvalue weighted by molar-refractivity contribution is 7.90. The van der Waals surface area contributed by atoms with Crippen LogP contribution in [0.5, 0.6) is 0 Å². The zero-order valence-corrected chi connectivity index (χ0v) is 14.1. The van der Waals surface area contributed by atoms with E-state index >= 15 is 0 Å². The van der Waals surface area contributed by atoms with Crippen LogP contribution in [0.25, 0.3) is 0 Å². The lowest BCUT2D eigenvalue weighted by atomic mass is 10.2. The van der Waals surface area contributed by atoms with E-state index < -0.39 is 25.6 Å². The molecule has 134 valence electrons. The predicted octanol–water partition coefficient (Wildman–Crippen LogP) is 0.909. The van der Waals surface area contributed by atoms with Gasteiger partial charge in [0.2, 0.25) is 0 Å². The molecule has 0 aliphatic carbocycles. The highest BCUT2D eigenvalue weighted by Crippen LogP contribution is 2.20. The molecule has 1 heterocycles. The van der Waals surface area contributed by atoms with Gasteiger partial charge < -0.3 is 4.55 Å². The van der Waals surface area contributed by atoms with Crippen LogP contribution in [-0.2, 0) is 27.2 Å². The average Bonchev–Trinajstić information content (AvgIpc) is 2.85. The molecule has 24 heavy (non-hydrogen) atoms. The average molecular weight is 386 g/mol. The molecule has 0 saturated heterocycles. The summed E-state index contributed by atoms with van der Waals surface area (Å²) in [5.74, 6) is 0. The Kier molecular flexibility index (Phi) is 5.79. The molecule has 0 saturated carbocycles. The number of rotatable bonds is 2. The number of alkyl halides is 3. The van der Waals surface area contributed by atoms with Gasteiger partial charge in [0.25, 0.3) is 6.33 Å². The van der Waals surface area contributed by atoms with Gasteiger partial charge in [-0.3, -0.25) is 0 Å². The summed E-state index contributed by atoms with van der Waals surface area (Å²) < 4.78 is 86.0. The van der Waals surface area contributed by atoms with Gasteiger partial charge in [0.15, 0.2) is 10.1 Å². The Labute approximate surface area is 136 Å². The molecular formula is C12H13F3N2O5S2. The van der Waals surface area contributed by atoms with Gasteiger partial charge >= 0.3 is 15.5 Å². The van der Waals surface area contributed by atoms with Crippen molar-refractivity contribution in [2.24, 2.45) is 7.05 Å². The van der Waals surface area contributed by atoms with Gasteiger partial charge in [-0.05, 0) is 19.1 Å². The summed E-state index contributed by atoms with van der Waals surface area (Å²) >= 11 is 0. The molecule has 0 aliphatic heterocycles. The number of hydrogen-bond donors (Lipinski definition) is 0. The number of imidazole rings is 1. The van der Waals surface area contributed by atoms with Crippen molar-refractivity contribution in [3.05, 3.63) is 48.5 Å². The van der Waals surface area contributed by atoms with E-state index in [9.17, 15) is 21.6 Å². The minimum atomic E-state index is -6.09. The van der Waals surface area contributed by atoms with Crippen LogP contribution in [0, 0.1) is 6.92 Å². The van der Waals surface area contributed by atoms with E-state index in [-0.39, 0.29) is 0 Å². The first-order valence-electron chi connectivity index (χ1n) is 6.13. The summed E-state index contributed by atoms with van der Waals surface area (Å²) in [7, 11) is -7.75. The van der Waals surface area contributed by atoms with Gasteiger partial charge in [-0.25, -0.2) is 13.0 Å². The van der Waals surface area contributed by atoms with Crippen LogP contribution in [0.2, 0.25) is 0 Å². The van der Waals surface area contributed by atoms with Gasteiger partial charge in [-0.2, -0.15) is 21.6 Å². The van der Waals surface area contributed by atoms with E-state index in [2.05, 4.69) is 0 Å². The van der Waals surface area contributed by atoms with Crippen LogP contribution in [-0.4, -0.2) is 30.9 Å². The van der Waals surface area contributed by atoms with Crippen molar-refractivity contribution in [1.29, 1.82) is 0 Å². The minimum Gasteiger partial charge on any atom is -0.741 e. The van der Waals surface area contributed by atoms with Crippen molar-refractivity contribution in [3.8, 4) is 0 Å². The molecule has 0 bridgehead atoms. The molecule has 0 amide bonds. The summed E-state index contributed by atoms with van der Waals surface area (Å²) in [6.07, 6.45) is 4.73. The monoisotopic (exact) mass is 386 g/mol. The highest BCUT2D eigenvalue weighted by Gasteiger charge is 2.36.